The quantitative estimate of drug-likeness (QED) is 0.853. The molecule has 1 unspecified atom stereocenters. The highest BCUT2D eigenvalue weighted by atomic mass is 16.2. The third kappa shape index (κ3) is 4.03. The van der Waals surface area contributed by atoms with Gasteiger partial charge in [-0.25, -0.2) is 0 Å². The summed E-state index contributed by atoms with van der Waals surface area (Å²) in [6.45, 7) is 1.74. The predicted molar refractivity (Wildman–Crippen MR) is 104 cm³/mol. The molecule has 2 amide bonds. The van der Waals surface area contributed by atoms with Crippen LogP contribution in [0.2, 0.25) is 0 Å². The average molecular weight is 363 g/mol. The first kappa shape index (κ1) is 17.7. The van der Waals surface area contributed by atoms with Crippen molar-refractivity contribution in [3.8, 4) is 0 Å². The van der Waals surface area contributed by atoms with E-state index in [-0.39, 0.29) is 17.9 Å². The molecule has 1 aliphatic carbocycles. The second-order valence-electron chi connectivity index (χ2n) is 7.29. The van der Waals surface area contributed by atoms with Gasteiger partial charge in [-0.05, 0) is 24.0 Å². The maximum atomic E-state index is 13.6. The number of carbonyl (C=O) groups is 2. The van der Waals surface area contributed by atoms with Crippen molar-refractivity contribution in [3.05, 3.63) is 71.8 Å². The van der Waals surface area contributed by atoms with Gasteiger partial charge in [0.05, 0.1) is 5.92 Å². The number of piperazine rings is 1. The monoisotopic (exact) mass is 363 g/mol. The van der Waals surface area contributed by atoms with Crippen LogP contribution in [-0.2, 0) is 9.59 Å². The van der Waals surface area contributed by atoms with Crippen molar-refractivity contribution in [2.75, 3.05) is 19.6 Å². The minimum atomic E-state index is -0.457. The van der Waals surface area contributed by atoms with E-state index < -0.39 is 12.0 Å². The van der Waals surface area contributed by atoms with E-state index in [1.54, 1.807) is 4.90 Å². The minimum Gasteiger partial charge on any atom is -0.352 e. The van der Waals surface area contributed by atoms with Gasteiger partial charge in [-0.15, -0.1) is 0 Å². The Kier molecular flexibility index (Phi) is 5.21. The zero-order valence-corrected chi connectivity index (χ0v) is 15.3. The summed E-state index contributed by atoms with van der Waals surface area (Å²) < 4.78 is 0. The van der Waals surface area contributed by atoms with Gasteiger partial charge in [0.1, 0.15) is 6.04 Å². The second kappa shape index (κ2) is 7.92. The standard InChI is InChI=1S/C22H25N3O2/c26-21(24-18-11-12-18)19-15-23-13-14-25(19)22(27)20(16-7-3-1-4-8-16)17-9-5-2-6-10-17/h1-10,18-20,23H,11-15H2,(H,24,26). The predicted octanol–water partition coefficient (Wildman–Crippen LogP) is 1.90. The van der Waals surface area contributed by atoms with E-state index >= 15 is 0 Å². The van der Waals surface area contributed by atoms with Crippen LogP contribution in [0.15, 0.2) is 60.7 Å². The molecule has 1 saturated heterocycles. The lowest BCUT2D eigenvalue weighted by molar-refractivity contribution is -0.142. The van der Waals surface area contributed by atoms with Crippen molar-refractivity contribution < 1.29 is 9.59 Å². The second-order valence-corrected chi connectivity index (χ2v) is 7.29. The molecule has 1 heterocycles. The van der Waals surface area contributed by atoms with Crippen LogP contribution in [0.4, 0.5) is 0 Å². The molecule has 27 heavy (non-hydrogen) atoms. The molecule has 2 aliphatic rings. The molecular weight excluding hydrogens is 338 g/mol. The molecule has 1 atom stereocenters. The van der Waals surface area contributed by atoms with Gasteiger partial charge in [-0.3, -0.25) is 9.59 Å². The van der Waals surface area contributed by atoms with Crippen LogP contribution in [-0.4, -0.2) is 48.4 Å². The van der Waals surface area contributed by atoms with E-state index in [1.807, 2.05) is 60.7 Å². The van der Waals surface area contributed by atoms with E-state index in [0.29, 0.717) is 19.6 Å². The van der Waals surface area contributed by atoms with Gasteiger partial charge in [-0.1, -0.05) is 60.7 Å². The Bertz CT molecular complexity index is 750. The molecular formula is C22H25N3O2. The van der Waals surface area contributed by atoms with Crippen molar-refractivity contribution >= 4 is 11.8 Å². The molecule has 0 spiro atoms. The Hall–Kier alpha value is -2.66. The van der Waals surface area contributed by atoms with E-state index in [0.717, 1.165) is 24.0 Å². The zero-order valence-electron chi connectivity index (χ0n) is 15.3. The van der Waals surface area contributed by atoms with Crippen LogP contribution in [0.5, 0.6) is 0 Å². The summed E-state index contributed by atoms with van der Waals surface area (Å²) in [5, 5.41) is 6.31. The van der Waals surface area contributed by atoms with Gasteiger partial charge in [0, 0.05) is 25.7 Å². The smallest absolute Gasteiger partial charge is 0.244 e. The molecule has 1 saturated carbocycles. The number of benzene rings is 2. The highest BCUT2D eigenvalue weighted by Crippen LogP contribution is 2.28. The van der Waals surface area contributed by atoms with E-state index in [2.05, 4.69) is 10.6 Å². The SMILES string of the molecule is O=C(NC1CC1)C1CNCCN1C(=O)C(c1ccccc1)c1ccccc1. The lowest BCUT2D eigenvalue weighted by atomic mass is 9.89. The molecule has 2 aromatic rings. The van der Waals surface area contributed by atoms with E-state index in [4.69, 9.17) is 0 Å². The lowest BCUT2D eigenvalue weighted by Gasteiger charge is -2.37. The maximum Gasteiger partial charge on any atom is 0.244 e. The van der Waals surface area contributed by atoms with Gasteiger partial charge in [0.2, 0.25) is 11.8 Å². The van der Waals surface area contributed by atoms with Crippen molar-refractivity contribution in [3.63, 3.8) is 0 Å². The van der Waals surface area contributed by atoms with Crippen molar-refractivity contribution in [1.82, 2.24) is 15.5 Å². The topological polar surface area (TPSA) is 61.4 Å². The maximum absolute atomic E-state index is 13.6. The van der Waals surface area contributed by atoms with Gasteiger partial charge in [0.15, 0.2) is 0 Å². The van der Waals surface area contributed by atoms with E-state index in [9.17, 15) is 9.59 Å². The van der Waals surface area contributed by atoms with E-state index in [1.165, 1.54) is 0 Å². The van der Waals surface area contributed by atoms with Crippen molar-refractivity contribution in [2.45, 2.75) is 30.8 Å². The van der Waals surface area contributed by atoms with Gasteiger partial charge < -0.3 is 15.5 Å². The Morgan fingerprint density at radius 3 is 2.11 bits per heavy atom. The summed E-state index contributed by atoms with van der Waals surface area (Å²) in [6.07, 6.45) is 2.08. The molecule has 0 aromatic heterocycles. The number of hydrogen-bond acceptors (Lipinski definition) is 3. The first-order chi connectivity index (χ1) is 13.2. The number of rotatable bonds is 5. The molecule has 2 aromatic carbocycles. The van der Waals surface area contributed by atoms with Crippen LogP contribution < -0.4 is 10.6 Å². The highest BCUT2D eigenvalue weighted by Gasteiger charge is 2.38. The lowest BCUT2D eigenvalue weighted by Crippen LogP contribution is -2.60. The Labute approximate surface area is 159 Å². The average Bonchev–Trinajstić information content (AvgIpc) is 3.54. The summed E-state index contributed by atoms with van der Waals surface area (Å²) in [5.74, 6) is -0.454. The summed E-state index contributed by atoms with van der Waals surface area (Å²) in [7, 11) is 0. The summed E-state index contributed by atoms with van der Waals surface area (Å²) in [6, 6.07) is 19.5. The number of hydrogen-bond donors (Lipinski definition) is 2. The highest BCUT2D eigenvalue weighted by molar-refractivity contribution is 5.93. The van der Waals surface area contributed by atoms with Crippen LogP contribution in [0.25, 0.3) is 0 Å². The number of amides is 2. The molecule has 2 N–H and O–H groups in total. The van der Waals surface area contributed by atoms with Crippen LogP contribution in [0, 0.1) is 0 Å². The molecule has 2 fully saturated rings. The van der Waals surface area contributed by atoms with Crippen molar-refractivity contribution in [2.24, 2.45) is 0 Å². The zero-order chi connectivity index (χ0) is 18.6. The molecule has 0 bridgehead atoms. The Morgan fingerprint density at radius 1 is 0.963 bits per heavy atom. The molecule has 4 rings (SSSR count). The molecule has 0 radical (unpaired) electrons. The molecule has 1 aliphatic heterocycles. The largest absolute Gasteiger partial charge is 0.352 e. The fraction of sp³-hybridized carbons (Fsp3) is 0.364. The molecule has 5 heteroatoms. The molecule has 140 valence electrons. The first-order valence-electron chi connectivity index (χ1n) is 9.65. The Balaban J connectivity index is 1.64. The van der Waals surface area contributed by atoms with Gasteiger partial charge >= 0.3 is 0 Å². The van der Waals surface area contributed by atoms with Gasteiger partial charge in [0.25, 0.3) is 0 Å². The van der Waals surface area contributed by atoms with Crippen molar-refractivity contribution in [1.29, 1.82) is 0 Å². The first-order valence-corrected chi connectivity index (χ1v) is 9.65. The fourth-order valence-electron chi connectivity index (χ4n) is 3.66. The van der Waals surface area contributed by atoms with Crippen LogP contribution in [0.3, 0.4) is 0 Å². The number of nitrogens with zero attached hydrogens (tertiary/aromatic N) is 1. The normalized spacial score (nSPS) is 19.7. The third-order valence-corrected chi connectivity index (χ3v) is 5.27. The summed E-state index contributed by atoms with van der Waals surface area (Å²) >= 11 is 0. The Morgan fingerprint density at radius 2 is 1.56 bits per heavy atom. The number of nitrogens with one attached hydrogen (secondary N) is 2. The van der Waals surface area contributed by atoms with Crippen LogP contribution in [0.1, 0.15) is 29.9 Å². The fourth-order valence-corrected chi connectivity index (χ4v) is 3.66. The summed E-state index contributed by atoms with van der Waals surface area (Å²) in [4.78, 5) is 28.1. The molecule has 5 nitrogen and oxygen atoms in total. The van der Waals surface area contributed by atoms with Crippen LogP contribution >= 0.6 is 0 Å². The number of carbonyl (C=O) groups excluding carboxylic acids is 2. The minimum absolute atomic E-state index is 0.00940. The third-order valence-electron chi connectivity index (χ3n) is 5.27. The summed E-state index contributed by atoms with van der Waals surface area (Å²) in [5.41, 5.74) is 1.90. The van der Waals surface area contributed by atoms with Gasteiger partial charge in [-0.2, -0.15) is 0 Å².